The number of amides is 2. The van der Waals surface area contributed by atoms with Crippen molar-refractivity contribution in [2.75, 3.05) is 26.3 Å². The molecule has 2 saturated heterocycles. The molecule has 0 aromatic heterocycles. The third-order valence-electron chi connectivity index (χ3n) is 5.99. The average Bonchev–Trinajstić information content (AvgIpc) is 2.60. The highest BCUT2D eigenvalue weighted by Gasteiger charge is 2.41. The second-order valence-electron chi connectivity index (χ2n) is 7.78. The highest BCUT2D eigenvalue weighted by Crippen LogP contribution is 2.43. The van der Waals surface area contributed by atoms with Crippen LogP contribution in [-0.4, -0.2) is 48.2 Å². The van der Waals surface area contributed by atoms with Crippen molar-refractivity contribution in [3.05, 3.63) is 34.9 Å². The lowest BCUT2D eigenvalue weighted by Gasteiger charge is -2.47. The van der Waals surface area contributed by atoms with Gasteiger partial charge in [-0.15, -0.1) is 0 Å². The summed E-state index contributed by atoms with van der Waals surface area (Å²) in [5.41, 5.74) is 4.74. The Bertz CT molecular complexity index is 701. The average molecular weight is 344 g/mol. The van der Waals surface area contributed by atoms with Crippen LogP contribution in [0.4, 0.5) is 0 Å². The van der Waals surface area contributed by atoms with Crippen LogP contribution < -0.4 is 5.48 Å². The zero-order valence-electron chi connectivity index (χ0n) is 14.3. The monoisotopic (exact) mass is 344 g/mol. The number of ether oxygens (including phenoxy) is 1. The number of hydrogen-bond donors (Lipinski definition) is 2. The Balaban J connectivity index is 1.53. The first-order valence-corrected chi connectivity index (χ1v) is 9.00. The van der Waals surface area contributed by atoms with Gasteiger partial charge in [0.1, 0.15) is 0 Å². The number of carbonyl (C=O) groups excluding carboxylic acids is 2. The molecule has 0 saturated carbocycles. The van der Waals surface area contributed by atoms with Crippen molar-refractivity contribution in [3.63, 3.8) is 0 Å². The summed E-state index contributed by atoms with van der Waals surface area (Å²) in [6.07, 6.45) is 4.47. The van der Waals surface area contributed by atoms with E-state index in [2.05, 4.69) is 0 Å². The maximum Gasteiger partial charge on any atom is 0.274 e. The van der Waals surface area contributed by atoms with E-state index in [-0.39, 0.29) is 11.3 Å². The molecule has 1 aromatic carbocycles. The standard InChI is InChI=1S/C19H24N2O4/c22-17-4-6-19(12-21(17)9-13-10-25-11-13)5-3-14-1-2-15(18(23)20-24)7-16(14)8-19/h1-2,7,13,24H,3-6,8-12H2,(H,20,23). The van der Waals surface area contributed by atoms with Crippen LogP contribution in [0.1, 0.15) is 40.7 Å². The fraction of sp³-hybridized carbons (Fsp3) is 0.579. The SMILES string of the molecule is O=C(NO)c1ccc2c(c1)CC1(CCC(=O)N(CC3COC3)C1)CC2. The number of hydroxylamine groups is 1. The predicted octanol–water partition coefficient (Wildman–Crippen LogP) is 1.55. The van der Waals surface area contributed by atoms with Crippen LogP contribution in [0.25, 0.3) is 0 Å². The molecule has 3 aliphatic rings. The van der Waals surface area contributed by atoms with Crippen LogP contribution in [-0.2, 0) is 22.4 Å². The molecule has 1 aromatic rings. The normalized spacial score (nSPS) is 26.3. The number of nitrogens with zero attached hydrogens (tertiary/aromatic N) is 1. The number of hydrogen-bond acceptors (Lipinski definition) is 4. The van der Waals surface area contributed by atoms with E-state index in [1.807, 2.05) is 17.0 Å². The van der Waals surface area contributed by atoms with E-state index in [1.165, 1.54) is 11.1 Å². The van der Waals surface area contributed by atoms with Crippen molar-refractivity contribution < 1.29 is 19.5 Å². The van der Waals surface area contributed by atoms with Gasteiger partial charge in [0.05, 0.1) is 13.2 Å². The molecule has 2 aliphatic heterocycles. The van der Waals surface area contributed by atoms with Gasteiger partial charge in [0.15, 0.2) is 0 Å². The summed E-state index contributed by atoms with van der Waals surface area (Å²) < 4.78 is 5.25. The van der Waals surface area contributed by atoms with E-state index < -0.39 is 5.91 Å². The molecule has 0 radical (unpaired) electrons. The van der Waals surface area contributed by atoms with Gasteiger partial charge < -0.3 is 9.64 Å². The van der Waals surface area contributed by atoms with Crippen LogP contribution >= 0.6 is 0 Å². The quantitative estimate of drug-likeness (QED) is 0.644. The highest BCUT2D eigenvalue weighted by atomic mass is 16.5. The maximum atomic E-state index is 12.3. The smallest absolute Gasteiger partial charge is 0.274 e. The molecule has 2 amide bonds. The van der Waals surface area contributed by atoms with E-state index in [9.17, 15) is 9.59 Å². The Kier molecular flexibility index (Phi) is 4.25. The van der Waals surface area contributed by atoms with Crippen LogP contribution in [0.5, 0.6) is 0 Å². The van der Waals surface area contributed by atoms with Gasteiger partial charge in [0.2, 0.25) is 5.91 Å². The lowest BCUT2D eigenvalue weighted by molar-refractivity contribution is -0.142. The van der Waals surface area contributed by atoms with Gasteiger partial charge in [-0.05, 0) is 54.4 Å². The van der Waals surface area contributed by atoms with Crippen molar-refractivity contribution in [1.29, 1.82) is 0 Å². The van der Waals surface area contributed by atoms with Crippen LogP contribution in [0.2, 0.25) is 0 Å². The first kappa shape index (κ1) is 16.5. The Morgan fingerprint density at radius 2 is 2.08 bits per heavy atom. The third-order valence-corrected chi connectivity index (χ3v) is 5.99. The number of aryl methyl sites for hydroxylation is 1. The Morgan fingerprint density at radius 1 is 1.28 bits per heavy atom. The number of carbonyl (C=O) groups is 2. The van der Waals surface area contributed by atoms with Crippen LogP contribution in [0.3, 0.4) is 0 Å². The minimum Gasteiger partial charge on any atom is -0.381 e. The number of rotatable bonds is 3. The zero-order valence-corrected chi connectivity index (χ0v) is 14.3. The fourth-order valence-corrected chi connectivity index (χ4v) is 4.45. The van der Waals surface area contributed by atoms with E-state index in [0.29, 0.717) is 17.9 Å². The second kappa shape index (κ2) is 6.42. The van der Waals surface area contributed by atoms with Crippen molar-refractivity contribution in [2.45, 2.75) is 32.1 Å². The number of fused-ring (bicyclic) bond motifs is 1. The van der Waals surface area contributed by atoms with Gasteiger partial charge in [0.25, 0.3) is 5.91 Å². The molecule has 2 fully saturated rings. The maximum absolute atomic E-state index is 12.3. The number of benzene rings is 1. The second-order valence-corrected chi connectivity index (χ2v) is 7.78. The molecule has 134 valence electrons. The van der Waals surface area contributed by atoms with Crippen molar-refractivity contribution in [3.8, 4) is 0 Å². The highest BCUT2D eigenvalue weighted by molar-refractivity contribution is 5.93. The molecule has 1 spiro atoms. The zero-order chi connectivity index (χ0) is 17.4. The first-order valence-electron chi connectivity index (χ1n) is 9.00. The molecular weight excluding hydrogens is 320 g/mol. The van der Waals surface area contributed by atoms with Gasteiger partial charge in [-0.3, -0.25) is 14.8 Å². The molecule has 6 heteroatoms. The van der Waals surface area contributed by atoms with E-state index in [1.54, 1.807) is 11.5 Å². The molecule has 2 heterocycles. The molecule has 1 unspecified atom stereocenters. The Hall–Kier alpha value is -1.92. The van der Waals surface area contributed by atoms with Gasteiger partial charge in [-0.1, -0.05) is 6.07 Å². The summed E-state index contributed by atoms with van der Waals surface area (Å²) in [7, 11) is 0. The number of likely N-dealkylation sites (tertiary alicyclic amines) is 1. The summed E-state index contributed by atoms with van der Waals surface area (Å²) in [6.45, 7) is 3.14. The van der Waals surface area contributed by atoms with Gasteiger partial charge in [0, 0.05) is 31.0 Å². The third kappa shape index (κ3) is 3.16. The van der Waals surface area contributed by atoms with Gasteiger partial charge in [-0.25, -0.2) is 5.48 Å². The number of nitrogens with one attached hydrogen (secondary N) is 1. The van der Waals surface area contributed by atoms with Gasteiger partial charge >= 0.3 is 0 Å². The van der Waals surface area contributed by atoms with Gasteiger partial charge in [-0.2, -0.15) is 0 Å². The molecule has 2 N–H and O–H groups in total. The molecular formula is C19H24N2O4. The molecule has 1 aliphatic carbocycles. The Labute approximate surface area is 147 Å². The molecule has 4 rings (SSSR count). The topological polar surface area (TPSA) is 78.9 Å². The van der Waals surface area contributed by atoms with E-state index >= 15 is 0 Å². The summed E-state index contributed by atoms with van der Waals surface area (Å²) in [5, 5.41) is 8.86. The summed E-state index contributed by atoms with van der Waals surface area (Å²) in [4.78, 5) is 26.1. The molecule has 0 bridgehead atoms. The van der Waals surface area contributed by atoms with Crippen molar-refractivity contribution in [2.24, 2.45) is 11.3 Å². The van der Waals surface area contributed by atoms with Crippen molar-refractivity contribution in [1.82, 2.24) is 10.4 Å². The minimum absolute atomic E-state index is 0.111. The van der Waals surface area contributed by atoms with E-state index in [4.69, 9.17) is 9.94 Å². The molecule has 1 atom stereocenters. The van der Waals surface area contributed by atoms with Crippen molar-refractivity contribution >= 4 is 11.8 Å². The Morgan fingerprint density at radius 3 is 2.80 bits per heavy atom. The predicted molar refractivity (Wildman–Crippen MR) is 90.3 cm³/mol. The fourth-order valence-electron chi connectivity index (χ4n) is 4.45. The van der Waals surface area contributed by atoms with E-state index in [0.717, 1.165) is 52.0 Å². The molecule has 6 nitrogen and oxygen atoms in total. The largest absolute Gasteiger partial charge is 0.381 e. The molecule has 25 heavy (non-hydrogen) atoms. The summed E-state index contributed by atoms with van der Waals surface area (Å²) >= 11 is 0. The first-order chi connectivity index (χ1) is 12.1. The van der Waals surface area contributed by atoms with Crippen LogP contribution in [0, 0.1) is 11.3 Å². The summed E-state index contributed by atoms with van der Waals surface area (Å²) in [6, 6.07) is 5.64. The van der Waals surface area contributed by atoms with Crippen LogP contribution in [0.15, 0.2) is 18.2 Å². The lowest BCUT2D eigenvalue weighted by atomic mass is 9.67. The minimum atomic E-state index is -0.479. The lowest BCUT2D eigenvalue weighted by Crippen LogP contribution is -2.52. The summed E-state index contributed by atoms with van der Waals surface area (Å²) in [5.74, 6) is 0.263. The number of piperidine rings is 1.